The average molecular weight is 331 g/mol. The number of aryl methyl sites for hydroxylation is 2. The van der Waals surface area contributed by atoms with Crippen molar-refractivity contribution in [2.75, 3.05) is 6.61 Å². The number of hydrogen-bond donors (Lipinski definition) is 0. The van der Waals surface area contributed by atoms with Crippen LogP contribution in [0.2, 0.25) is 0 Å². The Morgan fingerprint density at radius 2 is 2.12 bits per heavy atom. The Bertz CT molecular complexity index is 862. The van der Waals surface area contributed by atoms with E-state index in [4.69, 9.17) is 13.9 Å². The maximum absolute atomic E-state index is 11.9. The molecule has 128 valence electrons. The van der Waals surface area contributed by atoms with Gasteiger partial charge in [-0.25, -0.2) is 4.79 Å². The van der Waals surface area contributed by atoms with Gasteiger partial charge in [0.05, 0.1) is 11.4 Å². The Morgan fingerprint density at radius 1 is 1.38 bits per heavy atom. The van der Waals surface area contributed by atoms with Gasteiger partial charge in [-0.2, -0.15) is 0 Å². The number of aliphatic carboxylic acids is 1. The number of carboxylic acid groups (broad SMARTS) is 1. The Morgan fingerprint density at radius 3 is 2.79 bits per heavy atom. The lowest BCUT2D eigenvalue weighted by Gasteiger charge is -2.33. The summed E-state index contributed by atoms with van der Waals surface area (Å²) < 4.78 is 16.8. The number of rotatable bonds is 4. The molecule has 1 aliphatic rings. The van der Waals surface area contributed by atoms with Gasteiger partial charge < -0.3 is 23.8 Å². The van der Waals surface area contributed by atoms with Crippen LogP contribution in [0.1, 0.15) is 38.3 Å². The van der Waals surface area contributed by atoms with Gasteiger partial charge >= 0.3 is 5.63 Å². The molecule has 0 bridgehead atoms. The highest BCUT2D eigenvalue weighted by Crippen LogP contribution is 2.42. The van der Waals surface area contributed by atoms with Gasteiger partial charge in [0.2, 0.25) is 0 Å². The lowest BCUT2D eigenvalue weighted by Crippen LogP contribution is -2.33. The first-order chi connectivity index (χ1) is 11.3. The van der Waals surface area contributed by atoms with Crippen molar-refractivity contribution in [3.63, 3.8) is 0 Å². The predicted octanol–water partition coefficient (Wildman–Crippen LogP) is 1.59. The van der Waals surface area contributed by atoms with Crippen LogP contribution in [0.3, 0.4) is 0 Å². The SMILES string of the molecule is CCc1cc(=O)oc2c3c(cc(OCC(=O)[O-])c12)OC(C)(C)CC3. The van der Waals surface area contributed by atoms with Crippen LogP contribution in [0.25, 0.3) is 11.0 Å². The first-order valence-electron chi connectivity index (χ1n) is 7.95. The number of ether oxygens (including phenoxy) is 2. The lowest BCUT2D eigenvalue weighted by molar-refractivity contribution is -0.307. The third-order valence-electron chi connectivity index (χ3n) is 4.21. The highest BCUT2D eigenvalue weighted by molar-refractivity contribution is 5.91. The summed E-state index contributed by atoms with van der Waals surface area (Å²) >= 11 is 0. The lowest BCUT2D eigenvalue weighted by atomic mass is 9.92. The zero-order chi connectivity index (χ0) is 17.5. The topological polar surface area (TPSA) is 88.8 Å². The van der Waals surface area contributed by atoms with Gasteiger partial charge in [0, 0.05) is 17.7 Å². The van der Waals surface area contributed by atoms with Gasteiger partial charge in [0.25, 0.3) is 0 Å². The van der Waals surface area contributed by atoms with E-state index in [1.54, 1.807) is 6.07 Å². The van der Waals surface area contributed by atoms with Gasteiger partial charge in [-0.05, 0) is 38.7 Å². The number of benzene rings is 1. The number of hydrogen-bond acceptors (Lipinski definition) is 6. The van der Waals surface area contributed by atoms with Gasteiger partial charge in [-0.15, -0.1) is 0 Å². The van der Waals surface area contributed by atoms with Crippen molar-refractivity contribution in [1.29, 1.82) is 0 Å². The summed E-state index contributed by atoms with van der Waals surface area (Å²) in [5.74, 6) is -0.438. The van der Waals surface area contributed by atoms with E-state index in [-0.39, 0.29) is 5.60 Å². The highest BCUT2D eigenvalue weighted by atomic mass is 16.5. The molecule has 0 saturated carbocycles. The molecule has 1 aromatic carbocycles. The monoisotopic (exact) mass is 331 g/mol. The second-order valence-electron chi connectivity index (χ2n) is 6.52. The molecule has 6 heteroatoms. The molecular weight excluding hydrogens is 312 g/mol. The van der Waals surface area contributed by atoms with Crippen LogP contribution < -0.4 is 20.2 Å². The van der Waals surface area contributed by atoms with Crippen LogP contribution in [0, 0.1) is 0 Å². The maximum atomic E-state index is 11.9. The maximum Gasteiger partial charge on any atom is 0.336 e. The standard InChI is InChI=1S/C18H20O6/c1-4-10-7-15(21)23-17-11-5-6-18(2,3)24-12(11)8-13(16(10)17)22-9-14(19)20/h7-8H,4-6,9H2,1-3H3,(H,19,20)/p-1. The molecule has 0 saturated heterocycles. The zero-order valence-corrected chi connectivity index (χ0v) is 13.9. The van der Waals surface area contributed by atoms with Crippen molar-refractivity contribution in [1.82, 2.24) is 0 Å². The quantitative estimate of drug-likeness (QED) is 0.791. The third-order valence-corrected chi connectivity index (χ3v) is 4.21. The molecule has 0 amide bonds. The molecule has 1 aliphatic heterocycles. The molecule has 2 aromatic rings. The first-order valence-corrected chi connectivity index (χ1v) is 7.95. The zero-order valence-electron chi connectivity index (χ0n) is 13.9. The molecule has 0 spiro atoms. The summed E-state index contributed by atoms with van der Waals surface area (Å²) in [6.07, 6.45) is 2.08. The second-order valence-corrected chi connectivity index (χ2v) is 6.52. The van der Waals surface area contributed by atoms with Crippen molar-refractivity contribution in [3.05, 3.63) is 33.7 Å². The molecule has 0 atom stereocenters. The summed E-state index contributed by atoms with van der Waals surface area (Å²) in [7, 11) is 0. The van der Waals surface area contributed by atoms with Crippen molar-refractivity contribution in [3.8, 4) is 11.5 Å². The van der Waals surface area contributed by atoms with E-state index >= 15 is 0 Å². The normalized spacial score (nSPS) is 15.6. The smallest absolute Gasteiger partial charge is 0.336 e. The molecule has 0 radical (unpaired) electrons. The second kappa shape index (κ2) is 5.85. The Hall–Kier alpha value is -2.50. The van der Waals surface area contributed by atoms with E-state index in [1.165, 1.54) is 6.07 Å². The number of carbonyl (C=O) groups is 1. The van der Waals surface area contributed by atoms with Crippen LogP contribution >= 0.6 is 0 Å². The molecule has 0 aliphatic carbocycles. The average Bonchev–Trinajstić information content (AvgIpc) is 2.50. The van der Waals surface area contributed by atoms with E-state index in [9.17, 15) is 14.7 Å². The predicted molar refractivity (Wildman–Crippen MR) is 85.4 cm³/mol. The Labute approximate surface area is 139 Å². The number of carbonyl (C=O) groups excluding carboxylic acids is 1. The molecule has 2 heterocycles. The molecule has 24 heavy (non-hydrogen) atoms. The summed E-state index contributed by atoms with van der Waals surface area (Å²) in [5.41, 5.74) is 1.19. The Balaban J connectivity index is 2.28. The molecule has 3 rings (SSSR count). The van der Waals surface area contributed by atoms with Crippen LogP contribution in [-0.4, -0.2) is 18.2 Å². The van der Waals surface area contributed by atoms with E-state index in [0.717, 1.165) is 17.5 Å². The minimum Gasteiger partial charge on any atom is -0.546 e. The minimum absolute atomic E-state index is 0.325. The van der Waals surface area contributed by atoms with Crippen molar-refractivity contribution < 1.29 is 23.8 Å². The van der Waals surface area contributed by atoms with Crippen LogP contribution in [-0.2, 0) is 17.6 Å². The Kier molecular flexibility index (Phi) is 3.99. The molecule has 0 unspecified atom stereocenters. The summed E-state index contributed by atoms with van der Waals surface area (Å²) in [4.78, 5) is 22.7. The van der Waals surface area contributed by atoms with Crippen molar-refractivity contribution in [2.45, 2.75) is 45.6 Å². The molecule has 0 N–H and O–H groups in total. The first kappa shape index (κ1) is 16.4. The van der Waals surface area contributed by atoms with Crippen LogP contribution in [0.5, 0.6) is 11.5 Å². The molecule has 1 aromatic heterocycles. The summed E-state index contributed by atoms with van der Waals surface area (Å²) in [5, 5.41) is 11.4. The van der Waals surface area contributed by atoms with Crippen LogP contribution in [0.4, 0.5) is 0 Å². The summed E-state index contributed by atoms with van der Waals surface area (Å²) in [6.45, 7) is 5.27. The molecular formula is C18H19O6-. The van der Waals surface area contributed by atoms with Gasteiger partial charge in [0.1, 0.15) is 29.3 Å². The van der Waals surface area contributed by atoms with Crippen LogP contribution in [0.15, 0.2) is 21.3 Å². The van der Waals surface area contributed by atoms with Crippen molar-refractivity contribution >= 4 is 16.9 Å². The fraction of sp³-hybridized carbons (Fsp3) is 0.444. The van der Waals surface area contributed by atoms with Gasteiger partial charge in [0.15, 0.2) is 0 Å². The fourth-order valence-electron chi connectivity index (χ4n) is 3.05. The minimum atomic E-state index is -1.32. The van der Waals surface area contributed by atoms with Crippen molar-refractivity contribution in [2.24, 2.45) is 0 Å². The van der Waals surface area contributed by atoms with Gasteiger partial charge in [-0.1, -0.05) is 6.92 Å². The fourth-order valence-corrected chi connectivity index (χ4v) is 3.05. The van der Waals surface area contributed by atoms with Gasteiger partial charge in [-0.3, -0.25) is 0 Å². The van der Waals surface area contributed by atoms with E-state index < -0.39 is 18.2 Å². The van der Waals surface area contributed by atoms with E-state index in [1.807, 2.05) is 20.8 Å². The summed E-state index contributed by atoms with van der Waals surface area (Å²) in [6, 6.07) is 3.09. The molecule has 6 nitrogen and oxygen atoms in total. The number of carboxylic acids is 1. The van der Waals surface area contributed by atoms with E-state index in [2.05, 4.69) is 0 Å². The largest absolute Gasteiger partial charge is 0.546 e. The third kappa shape index (κ3) is 2.96. The van der Waals surface area contributed by atoms with E-state index in [0.29, 0.717) is 35.3 Å². The highest BCUT2D eigenvalue weighted by Gasteiger charge is 2.30. The molecule has 0 fully saturated rings. The number of fused-ring (bicyclic) bond motifs is 3.